The van der Waals surface area contributed by atoms with Crippen LogP contribution in [-0.4, -0.2) is 42.1 Å². The maximum Gasteiger partial charge on any atom is 0.308 e. The monoisotopic (exact) mass is 277 g/mol. The topological polar surface area (TPSA) is 66.8 Å². The van der Waals surface area contributed by atoms with Crippen molar-refractivity contribution in [2.45, 2.75) is 19.4 Å². The Morgan fingerprint density at radius 1 is 1.35 bits per heavy atom. The molecular formula is C15H19NO4. The van der Waals surface area contributed by atoms with Crippen LogP contribution in [0.3, 0.4) is 0 Å². The number of piperidine rings is 1. The lowest BCUT2D eigenvalue weighted by molar-refractivity contribution is -0.143. The van der Waals surface area contributed by atoms with Crippen LogP contribution in [0.1, 0.15) is 28.8 Å². The predicted molar refractivity (Wildman–Crippen MR) is 73.4 cm³/mol. The third-order valence-corrected chi connectivity index (χ3v) is 3.57. The van der Waals surface area contributed by atoms with Crippen molar-refractivity contribution in [3.63, 3.8) is 0 Å². The van der Waals surface area contributed by atoms with Gasteiger partial charge in [0.25, 0.3) is 5.91 Å². The Morgan fingerprint density at radius 2 is 2.05 bits per heavy atom. The van der Waals surface area contributed by atoms with Crippen molar-refractivity contribution >= 4 is 11.9 Å². The number of nitrogens with zero attached hydrogens (tertiary/aromatic N) is 1. The Hall–Kier alpha value is -1.88. The van der Waals surface area contributed by atoms with Gasteiger partial charge < -0.3 is 14.7 Å². The molecule has 1 aliphatic rings. The van der Waals surface area contributed by atoms with Crippen LogP contribution in [0, 0.1) is 5.92 Å². The Kier molecular flexibility index (Phi) is 4.74. The fourth-order valence-corrected chi connectivity index (χ4v) is 2.46. The Morgan fingerprint density at radius 3 is 2.65 bits per heavy atom. The molecule has 0 aliphatic carbocycles. The number of carboxylic acids is 1. The van der Waals surface area contributed by atoms with Gasteiger partial charge in [0.15, 0.2) is 0 Å². The average molecular weight is 277 g/mol. The lowest BCUT2D eigenvalue weighted by Crippen LogP contribution is -2.42. The number of carboxylic acid groups (broad SMARTS) is 1. The molecule has 0 unspecified atom stereocenters. The van der Waals surface area contributed by atoms with E-state index in [0.717, 1.165) is 12.0 Å². The zero-order valence-corrected chi connectivity index (χ0v) is 11.5. The zero-order chi connectivity index (χ0) is 14.5. The third kappa shape index (κ3) is 3.36. The van der Waals surface area contributed by atoms with E-state index >= 15 is 0 Å². The first kappa shape index (κ1) is 14.5. The molecule has 0 bridgehead atoms. The van der Waals surface area contributed by atoms with Crippen molar-refractivity contribution in [2.24, 2.45) is 5.92 Å². The number of rotatable bonds is 4. The Balaban J connectivity index is 2.04. The van der Waals surface area contributed by atoms with Crippen molar-refractivity contribution in [1.29, 1.82) is 0 Å². The molecule has 0 aromatic heterocycles. The van der Waals surface area contributed by atoms with Gasteiger partial charge in [0.05, 0.1) is 12.5 Å². The molecule has 1 amide bonds. The van der Waals surface area contributed by atoms with Gasteiger partial charge in [-0.15, -0.1) is 0 Å². The first-order chi connectivity index (χ1) is 9.61. The summed E-state index contributed by atoms with van der Waals surface area (Å²) in [5, 5.41) is 9.05. The van der Waals surface area contributed by atoms with E-state index in [1.54, 1.807) is 24.1 Å². The number of likely N-dealkylation sites (tertiary alicyclic amines) is 1. The molecule has 108 valence electrons. The normalized spacial score (nSPS) is 18.9. The second kappa shape index (κ2) is 6.52. The molecule has 1 heterocycles. The van der Waals surface area contributed by atoms with E-state index in [-0.39, 0.29) is 5.91 Å². The SMILES string of the molecule is COCc1ccc(C(=O)N2CCC[C@@H](C(=O)O)C2)cc1. The van der Waals surface area contributed by atoms with Crippen LogP contribution in [0.4, 0.5) is 0 Å². The fraction of sp³-hybridized carbons (Fsp3) is 0.467. The van der Waals surface area contributed by atoms with E-state index in [4.69, 9.17) is 9.84 Å². The highest BCUT2D eigenvalue weighted by atomic mass is 16.5. The van der Waals surface area contributed by atoms with Crippen LogP contribution in [0.5, 0.6) is 0 Å². The molecule has 1 aromatic rings. The summed E-state index contributed by atoms with van der Waals surface area (Å²) >= 11 is 0. The van der Waals surface area contributed by atoms with E-state index < -0.39 is 11.9 Å². The second-order valence-corrected chi connectivity index (χ2v) is 5.06. The van der Waals surface area contributed by atoms with Crippen LogP contribution >= 0.6 is 0 Å². The minimum Gasteiger partial charge on any atom is -0.481 e. The van der Waals surface area contributed by atoms with Gasteiger partial charge in [-0.3, -0.25) is 9.59 Å². The quantitative estimate of drug-likeness (QED) is 0.910. The summed E-state index contributed by atoms with van der Waals surface area (Å²) in [6.45, 7) is 1.44. The number of hydrogen-bond acceptors (Lipinski definition) is 3. The van der Waals surface area contributed by atoms with Gasteiger partial charge in [-0.2, -0.15) is 0 Å². The number of benzene rings is 1. The summed E-state index contributed by atoms with van der Waals surface area (Å²) in [5.41, 5.74) is 1.60. The Bertz CT molecular complexity index is 483. The molecule has 1 fully saturated rings. The number of carbonyl (C=O) groups is 2. The van der Waals surface area contributed by atoms with Crippen molar-refractivity contribution in [3.05, 3.63) is 35.4 Å². The van der Waals surface area contributed by atoms with Crippen molar-refractivity contribution in [1.82, 2.24) is 4.90 Å². The molecule has 20 heavy (non-hydrogen) atoms. The van der Waals surface area contributed by atoms with E-state index in [9.17, 15) is 9.59 Å². The van der Waals surface area contributed by atoms with Gasteiger partial charge in [0.1, 0.15) is 0 Å². The van der Waals surface area contributed by atoms with Crippen molar-refractivity contribution in [3.8, 4) is 0 Å². The first-order valence-corrected chi connectivity index (χ1v) is 6.71. The highest BCUT2D eigenvalue weighted by Crippen LogP contribution is 2.19. The van der Waals surface area contributed by atoms with E-state index in [0.29, 0.717) is 31.7 Å². The van der Waals surface area contributed by atoms with Crippen LogP contribution in [0.2, 0.25) is 0 Å². The molecular weight excluding hydrogens is 258 g/mol. The molecule has 1 saturated heterocycles. The number of ether oxygens (including phenoxy) is 1. The molecule has 0 radical (unpaired) electrons. The standard InChI is InChI=1S/C15H19NO4/c1-20-10-11-4-6-12(7-5-11)14(17)16-8-2-3-13(9-16)15(18)19/h4-7,13H,2-3,8-10H2,1H3,(H,18,19)/t13-/m1/s1. The summed E-state index contributed by atoms with van der Waals surface area (Å²) in [4.78, 5) is 25.0. The van der Waals surface area contributed by atoms with E-state index in [2.05, 4.69) is 0 Å². The van der Waals surface area contributed by atoms with Gasteiger partial charge >= 0.3 is 5.97 Å². The molecule has 0 spiro atoms. The number of hydrogen-bond donors (Lipinski definition) is 1. The highest BCUT2D eigenvalue weighted by Gasteiger charge is 2.28. The lowest BCUT2D eigenvalue weighted by Gasteiger charge is -2.30. The summed E-state index contributed by atoms with van der Waals surface area (Å²) < 4.78 is 5.02. The average Bonchev–Trinajstić information content (AvgIpc) is 2.48. The summed E-state index contributed by atoms with van der Waals surface area (Å²) in [7, 11) is 1.62. The van der Waals surface area contributed by atoms with Gasteiger partial charge in [-0.05, 0) is 30.5 Å². The summed E-state index contributed by atoms with van der Waals surface area (Å²) in [6.07, 6.45) is 1.39. The number of aliphatic carboxylic acids is 1. The van der Waals surface area contributed by atoms with Gasteiger partial charge in [0, 0.05) is 25.8 Å². The predicted octanol–water partition coefficient (Wildman–Crippen LogP) is 1.77. The molecule has 5 heteroatoms. The molecule has 1 N–H and O–H groups in total. The number of methoxy groups -OCH3 is 1. The van der Waals surface area contributed by atoms with Crippen molar-refractivity contribution in [2.75, 3.05) is 20.2 Å². The largest absolute Gasteiger partial charge is 0.481 e. The van der Waals surface area contributed by atoms with Gasteiger partial charge in [0.2, 0.25) is 0 Å². The fourth-order valence-electron chi connectivity index (χ4n) is 2.46. The minimum absolute atomic E-state index is 0.0973. The number of amides is 1. The van der Waals surface area contributed by atoms with Gasteiger partial charge in [-0.25, -0.2) is 0 Å². The van der Waals surface area contributed by atoms with Crippen LogP contribution in [0.25, 0.3) is 0 Å². The van der Waals surface area contributed by atoms with Crippen molar-refractivity contribution < 1.29 is 19.4 Å². The smallest absolute Gasteiger partial charge is 0.308 e. The van der Waals surface area contributed by atoms with E-state index in [1.165, 1.54) is 0 Å². The molecule has 1 aromatic carbocycles. The van der Waals surface area contributed by atoms with Gasteiger partial charge in [-0.1, -0.05) is 12.1 Å². The third-order valence-electron chi connectivity index (χ3n) is 3.57. The van der Waals surface area contributed by atoms with Crippen LogP contribution < -0.4 is 0 Å². The maximum atomic E-state index is 12.3. The molecule has 1 aliphatic heterocycles. The summed E-state index contributed by atoms with van der Waals surface area (Å²) in [5.74, 6) is -1.36. The van der Waals surface area contributed by atoms with Crippen LogP contribution in [0.15, 0.2) is 24.3 Å². The minimum atomic E-state index is -0.821. The first-order valence-electron chi connectivity index (χ1n) is 6.71. The molecule has 5 nitrogen and oxygen atoms in total. The molecule has 1 atom stereocenters. The zero-order valence-electron chi connectivity index (χ0n) is 11.5. The second-order valence-electron chi connectivity index (χ2n) is 5.06. The summed E-state index contributed by atoms with van der Waals surface area (Å²) in [6, 6.07) is 7.24. The Labute approximate surface area is 118 Å². The van der Waals surface area contributed by atoms with E-state index in [1.807, 2.05) is 12.1 Å². The molecule has 0 saturated carbocycles. The molecule has 2 rings (SSSR count). The lowest BCUT2D eigenvalue weighted by atomic mass is 9.97. The maximum absolute atomic E-state index is 12.3. The van der Waals surface area contributed by atoms with Crippen LogP contribution in [-0.2, 0) is 16.1 Å². The highest BCUT2D eigenvalue weighted by molar-refractivity contribution is 5.94. The number of carbonyl (C=O) groups excluding carboxylic acids is 1.